The van der Waals surface area contributed by atoms with Crippen LogP contribution in [0, 0.1) is 0 Å². The van der Waals surface area contributed by atoms with E-state index in [1.807, 2.05) is 47.4 Å². The van der Waals surface area contributed by atoms with Gasteiger partial charge in [-0.05, 0) is 49.2 Å². The molecule has 0 spiro atoms. The number of para-hydroxylation sites is 1. The summed E-state index contributed by atoms with van der Waals surface area (Å²) in [7, 11) is 0. The molecule has 0 aromatic heterocycles. The van der Waals surface area contributed by atoms with E-state index < -0.39 is 0 Å². The largest absolute Gasteiger partial charge is 0.308 e. The van der Waals surface area contributed by atoms with Crippen molar-refractivity contribution in [2.75, 3.05) is 10.7 Å². The van der Waals surface area contributed by atoms with Crippen LogP contribution in [-0.2, 0) is 11.2 Å². The van der Waals surface area contributed by atoms with Gasteiger partial charge < -0.3 is 4.90 Å². The van der Waals surface area contributed by atoms with Crippen molar-refractivity contribution in [3.63, 3.8) is 0 Å². The number of thioether (sulfide) groups is 1. The van der Waals surface area contributed by atoms with E-state index in [1.54, 1.807) is 11.8 Å². The predicted octanol–water partition coefficient (Wildman–Crippen LogP) is 4.41. The van der Waals surface area contributed by atoms with Gasteiger partial charge in [0.15, 0.2) is 0 Å². The van der Waals surface area contributed by atoms with Crippen molar-refractivity contribution >= 4 is 35.0 Å². The Morgan fingerprint density at radius 1 is 1.24 bits per heavy atom. The van der Waals surface area contributed by atoms with Crippen molar-refractivity contribution in [1.29, 1.82) is 0 Å². The Morgan fingerprint density at radius 2 is 1.95 bits per heavy atom. The van der Waals surface area contributed by atoms with Gasteiger partial charge in [0.05, 0.1) is 5.75 Å². The Kier molecular flexibility index (Phi) is 4.22. The van der Waals surface area contributed by atoms with Crippen LogP contribution in [0.2, 0.25) is 5.02 Å². The molecule has 108 valence electrons. The Hall–Kier alpha value is -1.45. The second kappa shape index (κ2) is 6.12. The average molecular weight is 318 g/mol. The van der Waals surface area contributed by atoms with Crippen molar-refractivity contribution in [3.05, 3.63) is 59.1 Å². The van der Waals surface area contributed by atoms with Crippen LogP contribution in [0.5, 0.6) is 0 Å². The first-order chi connectivity index (χ1) is 10.1. The van der Waals surface area contributed by atoms with E-state index in [-0.39, 0.29) is 11.9 Å². The average Bonchev–Trinajstić information content (AvgIpc) is 2.82. The number of halogens is 1. The van der Waals surface area contributed by atoms with Crippen LogP contribution in [0.4, 0.5) is 5.69 Å². The maximum Gasteiger partial charge on any atom is 0.237 e. The maximum atomic E-state index is 12.5. The SMILES string of the molecule is C[C@H]1Cc2ccccc2N1C(=O)CSc1ccc(Cl)cc1. The lowest BCUT2D eigenvalue weighted by Crippen LogP contribution is -2.36. The van der Waals surface area contributed by atoms with Crippen LogP contribution >= 0.6 is 23.4 Å². The molecule has 1 atom stereocenters. The second-order valence-electron chi connectivity index (χ2n) is 5.19. The van der Waals surface area contributed by atoms with E-state index in [9.17, 15) is 4.79 Å². The van der Waals surface area contributed by atoms with E-state index in [0.717, 1.165) is 17.0 Å². The van der Waals surface area contributed by atoms with Gasteiger partial charge in [0.2, 0.25) is 5.91 Å². The van der Waals surface area contributed by atoms with Gasteiger partial charge in [0.25, 0.3) is 0 Å². The smallest absolute Gasteiger partial charge is 0.237 e. The summed E-state index contributed by atoms with van der Waals surface area (Å²) in [6.07, 6.45) is 0.938. The molecule has 0 fully saturated rings. The lowest BCUT2D eigenvalue weighted by Gasteiger charge is -2.22. The number of anilines is 1. The van der Waals surface area contributed by atoms with E-state index in [4.69, 9.17) is 11.6 Å². The van der Waals surface area contributed by atoms with Crippen LogP contribution in [0.1, 0.15) is 12.5 Å². The quantitative estimate of drug-likeness (QED) is 0.782. The summed E-state index contributed by atoms with van der Waals surface area (Å²) in [5, 5.41) is 0.716. The van der Waals surface area contributed by atoms with Crippen molar-refractivity contribution in [2.24, 2.45) is 0 Å². The molecule has 2 aromatic carbocycles. The number of amides is 1. The van der Waals surface area contributed by atoms with E-state index in [0.29, 0.717) is 10.8 Å². The highest BCUT2D eigenvalue weighted by Crippen LogP contribution is 2.32. The van der Waals surface area contributed by atoms with Gasteiger partial charge in [0, 0.05) is 21.6 Å². The zero-order valence-electron chi connectivity index (χ0n) is 11.8. The third-order valence-corrected chi connectivity index (χ3v) is 4.90. The molecule has 0 aliphatic carbocycles. The molecule has 21 heavy (non-hydrogen) atoms. The van der Waals surface area contributed by atoms with Crippen LogP contribution in [0.15, 0.2) is 53.4 Å². The third-order valence-electron chi connectivity index (χ3n) is 3.65. The molecule has 2 aromatic rings. The van der Waals surface area contributed by atoms with Gasteiger partial charge in [-0.3, -0.25) is 4.79 Å². The lowest BCUT2D eigenvalue weighted by molar-refractivity contribution is -0.116. The summed E-state index contributed by atoms with van der Waals surface area (Å²) in [5.41, 5.74) is 2.32. The highest BCUT2D eigenvalue weighted by Gasteiger charge is 2.30. The number of carbonyl (C=O) groups is 1. The van der Waals surface area contributed by atoms with Crippen molar-refractivity contribution in [2.45, 2.75) is 24.3 Å². The number of nitrogens with zero attached hydrogens (tertiary/aromatic N) is 1. The van der Waals surface area contributed by atoms with Crippen LogP contribution in [-0.4, -0.2) is 17.7 Å². The van der Waals surface area contributed by atoms with Crippen molar-refractivity contribution in [1.82, 2.24) is 0 Å². The monoisotopic (exact) mass is 317 g/mol. The lowest BCUT2D eigenvalue weighted by atomic mass is 10.1. The predicted molar refractivity (Wildman–Crippen MR) is 89.3 cm³/mol. The number of rotatable bonds is 3. The molecule has 0 bridgehead atoms. The molecule has 0 N–H and O–H groups in total. The van der Waals surface area contributed by atoms with Crippen molar-refractivity contribution in [3.8, 4) is 0 Å². The molecule has 0 unspecified atom stereocenters. The number of hydrogen-bond donors (Lipinski definition) is 0. The van der Waals surface area contributed by atoms with Crippen LogP contribution in [0.3, 0.4) is 0 Å². The van der Waals surface area contributed by atoms with E-state index in [1.165, 1.54) is 5.56 Å². The summed E-state index contributed by atoms with van der Waals surface area (Å²) < 4.78 is 0. The highest BCUT2D eigenvalue weighted by atomic mass is 35.5. The molecule has 4 heteroatoms. The van der Waals surface area contributed by atoms with E-state index in [2.05, 4.69) is 13.0 Å². The summed E-state index contributed by atoms with van der Waals surface area (Å²) in [6, 6.07) is 16.0. The Labute approximate surface area is 134 Å². The molecule has 0 saturated carbocycles. The topological polar surface area (TPSA) is 20.3 Å². The van der Waals surface area contributed by atoms with E-state index >= 15 is 0 Å². The molecule has 3 rings (SSSR count). The minimum absolute atomic E-state index is 0.160. The Morgan fingerprint density at radius 3 is 2.71 bits per heavy atom. The van der Waals surface area contributed by atoms with Gasteiger partial charge in [0.1, 0.15) is 0 Å². The minimum atomic E-state index is 0.160. The fraction of sp³-hybridized carbons (Fsp3) is 0.235. The minimum Gasteiger partial charge on any atom is -0.308 e. The van der Waals surface area contributed by atoms with Gasteiger partial charge in [-0.25, -0.2) is 0 Å². The van der Waals surface area contributed by atoms with Gasteiger partial charge in [-0.1, -0.05) is 29.8 Å². The summed E-state index contributed by atoms with van der Waals surface area (Å²) in [4.78, 5) is 15.5. The summed E-state index contributed by atoms with van der Waals surface area (Å²) in [6.45, 7) is 2.10. The normalized spacial score (nSPS) is 16.9. The first-order valence-corrected chi connectivity index (χ1v) is 8.30. The zero-order chi connectivity index (χ0) is 14.8. The molecular formula is C17H16ClNOS. The number of fused-ring (bicyclic) bond motifs is 1. The first kappa shape index (κ1) is 14.5. The summed E-state index contributed by atoms with van der Waals surface area (Å²) >= 11 is 7.42. The highest BCUT2D eigenvalue weighted by molar-refractivity contribution is 8.00. The van der Waals surface area contributed by atoms with Crippen LogP contribution in [0.25, 0.3) is 0 Å². The zero-order valence-corrected chi connectivity index (χ0v) is 13.3. The summed E-state index contributed by atoms with van der Waals surface area (Å²) in [5.74, 6) is 0.604. The van der Waals surface area contributed by atoms with Crippen LogP contribution < -0.4 is 4.90 Å². The fourth-order valence-corrected chi connectivity index (χ4v) is 3.57. The first-order valence-electron chi connectivity index (χ1n) is 6.93. The van der Waals surface area contributed by atoms with Gasteiger partial charge in [-0.2, -0.15) is 0 Å². The second-order valence-corrected chi connectivity index (χ2v) is 6.67. The number of hydrogen-bond acceptors (Lipinski definition) is 2. The molecule has 2 nitrogen and oxygen atoms in total. The molecule has 1 amide bonds. The van der Waals surface area contributed by atoms with Gasteiger partial charge >= 0.3 is 0 Å². The standard InChI is InChI=1S/C17H16ClNOS/c1-12-10-13-4-2-3-5-16(13)19(12)17(20)11-21-15-8-6-14(18)7-9-15/h2-9,12H,10-11H2,1H3/t12-/m0/s1. The number of carbonyl (C=O) groups excluding carboxylic acids is 1. The molecular weight excluding hydrogens is 302 g/mol. The fourth-order valence-electron chi connectivity index (χ4n) is 2.69. The molecule has 0 saturated heterocycles. The van der Waals surface area contributed by atoms with Gasteiger partial charge in [-0.15, -0.1) is 11.8 Å². The third kappa shape index (κ3) is 3.09. The maximum absolute atomic E-state index is 12.5. The molecule has 1 aliphatic rings. The van der Waals surface area contributed by atoms with Crippen molar-refractivity contribution < 1.29 is 4.79 Å². The Balaban J connectivity index is 1.70. The molecule has 1 heterocycles. The Bertz CT molecular complexity index is 656. The number of benzene rings is 2. The molecule has 0 radical (unpaired) electrons. The molecule has 1 aliphatic heterocycles.